The van der Waals surface area contributed by atoms with Gasteiger partial charge in [-0.3, -0.25) is 4.39 Å². The van der Waals surface area contributed by atoms with Gasteiger partial charge in [-0.1, -0.05) is 0 Å². The summed E-state index contributed by atoms with van der Waals surface area (Å²) in [5.41, 5.74) is 0. The summed E-state index contributed by atoms with van der Waals surface area (Å²) in [6.07, 6.45) is 0. The Kier molecular flexibility index (Phi) is 15.5. The van der Waals surface area contributed by atoms with Crippen molar-refractivity contribution in [3.05, 3.63) is 0 Å². The minimum absolute atomic E-state index is 0.500. The lowest BCUT2D eigenvalue weighted by atomic mass is 10.3. The maximum atomic E-state index is 9.75. The van der Waals surface area contributed by atoms with Crippen LogP contribution in [0.25, 0.3) is 0 Å². The first kappa shape index (κ1) is 25.2. The molecule has 0 amide bonds. The summed E-state index contributed by atoms with van der Waals surface area (Å²) in [7, 11) is -17.5. The van der Waals surface area contributed by atoms with Gasteiger partial charge in [0.05, 0.1) is 7.18 Å². The van der Waals surface area contributed by atoms with Crippen LogP contribution in [0.2, 0.25) is 0 Å². The van der Waals surface area contributed by atoms with Gasteiger partial charge in [-0.05, 0) is 0 Å². The molecule has 0 unspecified atom stereocenters. The van der Waals surface area contributed by atoms with Gasteiger partial charge in [-0.15, -0.1) is 0 Å². The molecule has 17 heavy (non-hydrogen) atoms. The Morgan fingerprint density at radius 1 is 0.353 bits per heavy atom. The van der Waals surface area contributed by atoms with Crippen molar-refractivity contribution in [1.82, 2.24) is 0 Å². The average Bonchev–Trinajstić information content (AvgIpc) is 1.77. The first-order chi connectivity index (χ1) is 7.00. The average molecular weight is 294 g/mol. The zero-order chi connectivity index (χ0) is 15.5. The molecule has 0 atom stereocenters. The number of hydrogen-bond donors (Lipinski definition) is 0. The number of alkyl halides is 1. The zero-order valence-electron chi connectivity index (χ0n) is 7.65. The van der Waals surface area contributed by atoms with E-state index in [-0.39, 0.29) is 0 Å². The van der Waals surface area contributed by atoms with Crippen LogP contribution in [0.4, 0.5) is 56.2 Å². The van der Waals surface area contributed by atoms with Crippen molar-refractivity contribution in [3.8, 4) is 0 Å². The summed E-state index contributed by atoms with van der Waals surface area (Å²) in [6.45, 7) is 0. The van der Waals surface area contributed by atoms with E-state index in [2.05, 4.69) is 0 Å². The summed E-state index contributed by atoms with van der Waals surface area (Å²) in [6, 6.07) is 0. The van der Waals surface area contributed by atoms with Crippen LogP contribution in [-0.4, -0.2) is 28.9 Å². The number of hydrogen-bond acceptors (Lipinski definition) is 0. The first-order valence-electron chi connectivity index (χ1n) is 3.00. The molecule has 0 aliphatic heterocycles. The Bertz CT molecular complexity index is 91.7. The van der Waals surface area contributed by atoms with Crippen molar-refractivity contribution in [3.63, 3.8) is 0 Å². The third-order valence-electron chi connectivity index (χ3n) is 0. The minimum Gasteiger partial charge on any atom is -0.418 e. The zero-order valence-corrected chi connectivity index (χ0v) is 7.65. The standard InChI is InChI=1S/CH3F.3BF4/c1-2;3*2-1(3,4)5/h1H3;;;/q;3*-1. The molecule has 0 radical (unpaired) electrons. The Balaban J connectivity index is -0.0000000693. The van der Waals surface area contributed by atoms with Gasteiger partial charge in [-0.25, -0.2) is 0 Å². The lowest BCUT2D eigenvalue weighted by Gasteiger charge is -1.94. The molecule has 110 valence electrons. The van der Waals surface area contributed by atoms with Gasteiger partial charge in [0.15, 0.2) is 0 Å². The molecule has 0 aromatic rings. The van der Waals surface area contributed by atoms with Crippen molar-refractivity contribution in [2.45, 2.75) is 0 Å². The maximum absolute atomic E-state index is 9.75. The van der Waals surface area contributed by atoms with E-state index >= 15 is 0 Å². The molecule has 0 nitrogen and oxygen atoms in total. The van der Waals surface area contributed by atoms with Crippen molar-refractivity contribution in [2.24, 2.45) is 0 Å². The largest absolute Gasteiger partial charge is 0.673 e. The van der Waals surface area contributed by atoms with Gasteiger partial charge < -0.3 is 51.8 Å². The molecule has 0 aliphatic carbocycles. The molecule has 16 heteroatoms. The normalized spacial score (nSPS) is 10.9. The van der Waals surface area contributed by atoms with Gasteiger partial charge in [0, 0.05) is 0 Å². The fourth-order valence-electron chi connectivity index (χ4n) is 0. The Morgan fingerprint density at radius 2 is 0.353 bits per heavy atom. The molecule has 0 rings (SSSR count). The molecule has 0 fully saturated rings. The summed E-state index contributed by atoms with van der Waals surface area (Å²) in [5.74, 6) is 0. The van der Waals surface area contributed by atoms with Crippen molar-refractivity contribution in [2.75, 3.05) is 7.18 Å². The monoisotopic (exact) mass is 295 g/mol. The number of rotatable bonds is 0. The predicted octanol–water partition coefficient (Wildman–Crippen LogP) is 4.49. The summed E-state index contributed by atoms with van der Waals surface area (Å²) < 4.78 is 126. The van der Waals surface area contributed by atoms with E-state index in [1.807, 2.05) is 0 Å². The molecular formula is CH3B3F13-3. The van der Waals surface area contributed by atoms with E-state index in [0.29, 0.717) is 7.18 Å². The van der Waals surface area contributed by atoms with Crippen LogP contribution in [0.3, 0.4) is 0 Å². The van der Waals surface area contributed by atoms with Crippen molar-refractivity contribution >= 4 is 21.8 Å². The van der Waals surface area contributed by atoms with Crippen LogP contribution >= 0.6 is 0 Å². The topological polar surface area (TPSA) is 0 Å². The highest BCUT2D eigenvalue weighted by molar-refractivity contribution is 6.50. The molecule has 0 aliphatic rings. The highest BCUT2D eigenvalue weighted by Gasteiger charge is 2.21. The summed E-state index contributed by atoms with van der Waals surface area (Å²) >= 11 is 0. The van der Waals surface area contributed by atoms with Crippen molar-refractivity contribution in [1.29, 1.82) is 0 Å². The highest BCUT2D eigenvalue weighted by atomic mass is 19.5. The molecule has 0 saturated heterocycles. The van der Waals surface area contributed by atoms with Crippen LogP contribution < -0.4 is 0 Å². The minimum atomic E-state index is -6.00. The van der Waals surface area contributed by atoms with Gasteiger partial charge in [0.25, 0.3) is 0 Å². The highest BCUT2D eigenvalue weighted by Crippen LogP contribution is 2.07. The first-order valence-corrected chi connectivity index (χ1v) is 3.00. The fraction of sp³-hybridized carbons (Fsp3) is 1.00. The van der Waals surface area contributed by atoms with E-state index in [9.17, 15) is 56.2 Å². The van der Waals surface area contributed by atoms with Crippen LogP contribution in [0.1, 0.15) is 0 Å². The van der Waals surface area contributed by atoms with E-state index in [1.54, 1.807) is 0 Å². The summed E-state index contributed by atoms with van der Waals surface area (Å²) in [5, 5.41) is 0. The van der Waals surface area contributed by atoms with E-state index in [4.69, 9.17) is 0 Å². The lowest BCUT2D eigenvalue weighted by molar-refractivity contribution is 0.366. The van der Waals surface area contributed by atoms with Gasteiger partial charge in [-0.2, -0.15) is 0 Å². The molecule has 0 aromatic heterocycles. The third kappa shape index (κ3) is 5270. The molecule has 0 saturated carbocycles. The lowest BCUT2D eigenvalue weighted by Crippen LogP contribution is -2.02. The van der Waals surface area contributed by atoms with Crippen LogP contribution in [0.15, 0.2) is 0 Å². The molecule has 0 aromatic carbocycles. The summed E-state index contributed by atoms with van der Waals surface area (Å²) in [4.78, 5) is 0. The van der Waals surface area contributed by atoms with E-state index < -0.39 is 21.8 Å². The van der Waals surface area contributed by atoms with Crippen LogP contribution in [-0.2, 0) is 0 Å². The molecular weight excluding hydrogens is 291 g/mol. The van der Waals surface area contributed by atoms with Crippen molar-refractivity contribution < 1.29 is 56.2 Å². The third-order valence-corrected chi connectivity index (χ3v) is 0. The van der Waals surface area contributed by atoms with Gasteiger partial charge >= 0.3 is 21.8 Å². The number of halogens is 13. The molecule has 0 spiro atoms. The second-order valence-corrected chi connectivity index (χ2v) is 1.48. The fourth-order valence-corrected chi connectivity index (χ4v) is 0. The van der Waals surface area contributed by atoms with Gasteiger partial charge in [0.1, 0.15) is 0 Å². The maximum Gasteiger partial charge on any atom is 0.673 e. The molecule has 0 heterocycles. The van der Waals surface area contributed by atoms with Gasteiger partial charge in [0.2, 0.25) is 0 Å². The quantitative estimate of drug-likeness (QED) is 0.456. The molecule has 0 N–H and O–H groups in total. The Morgan fingerprint density at radius 3 is 0.353 bits per heavy atom. The van der Waals surface area contributed by atoms with E-state index in [0.717, 1.165) is 0 Å². The second-order valence-electron chi connectivity index (χ2n) is 1.48. The van der Waals surface area contributed by atoms with Crippen LogP contribution in [0, 0.1) is 0 Å². The smallest absolute Gasteiger partial charge is 0.418 e. The van der Waals surface area contributed by atoms with Crippen LogP contribution in [0.5, 0.6) is 0 Å². The molecule has 0 bridgehead atoms. The Labute approximate surface area is 86.5 Å². The Hall–Kier alpha value is -0.715. The van der Waals surface area contributed by atoms with E-state index in [1.165, 1.54) is 0 Å². The second kappa shape index (κ2) is 10.4. The SMILES string of the molecule is CF.F[B-](F)(F)F.F[B-](F)(F)F.F[B-](F)(F)F. The predicted molar refractivity (Wildman–Crippen MR) is 37.6 cm³/mol.